The van der Waals surface area contributed by atoms with Crippen LogP contribution in [0.15, 0.2) is 24.3 Å². The molecular formula is C21H29N3O4. The van der Waals surface area contributed by atoms with Crippen LogP contribution in [0.3, 0.4) is 0 Å². The van der Waals surface area contributed by atoms with Gasteiger partial charge in [-0.3, -0.25) is 14.5 Å². The zero-order valence-electron chi connectivity index (χ0n) is 16.7. The molecule has 2 aliphatic heterocycles. The average Bonchev–Trinajstić information content (AvgIpc) is 2.92. The predicted octanol–water partition coefficient (Wildman–Crippen LogP) is 2.55. The molecule has 1 N–H and O–H groups in total. The van der Waals surface area contributed by atoms with Gasteiger partial charge >= 0.3 is 6.03 Å². The molecule has 3 rings (SSSR count). The number of ether oxygens (including phenoxy) is 1. The zero-order chi connectivity index (χ0) is 20.1. The zero-order valence-corrected chi connectivity index (χ0v) is 16.7. The average molecular weight is 387 g/mol. The molecule has 2 fully saturated rings. The summed E-state index contributed by atoms with van der Waals surface area (Å²) in [7, 11) is 0. The Balaban J connectivity index is 1.68. The quantitative estimate of drug-likeness (QED) is 0.730. The molecule has 7 nitrogen and oxygen atoms in total. The van der Waals surface area contributed by atoms with Gasteiger partial charge in [0.15, 0.2) is 0 Å². The number of carbonyl (C=O) groups excluding carboxylic acids is 3. The van der Waals surface area contributed by atoms with Crippen LogP contribution >= 0.6 is 0 Å². The first-order valence-electron chi connectivity index (χ1n) is 10.1. The van der Waals surface area contributed by atoms with Gasteiger partial charge in [0.25, 0.3) is 11.8 Å². The van der Waals surface area contributed by atoms with Crippen LogP contribution in [0, 0.1) is 0 Å². The number of imide groups is 1. The fourth-order valence-corrected chi connectivity index (χ4v) is 3.85. The van der Waals surface area contributed by atoms with Crippen LogP contribution in [-0.2, 0) is 16.1 Å². The van der Waals surface area contributed by atoms with Crippen LogP contribution in [0.1, 0.15) is 55.5 Å². The summed E-state index contributed by atoms with van der Waals surface area (Å²) in [6.07, 6.45) is 2.85. The van der Waals surface area contributed by atoms with Crippen molar-refractivity contribution in [2.24, 2.45) is 0 Å². The lowest BCUT2D eigenvalue weighted by Crippen LogP contribution is -2.51. The maximum atomic E-state index is 12.8. The summed E-state index contributed by atoms with van der Waals surface area (Å²) in [4.78, 5) is 41.0. The Hall–Kier alpha value is -2.41. The van der Waals surface area contributed by atoms with Crippen LogP contribution in [0.4, 0.5) is 4.79 Å². The van der Waals surface area contributed by atoms with Gasteiger partial charge < -0.3 is 15.0 Å². The molecule has 4 amide bonds. The van der Waals surface area contributed by atoms with Crippen molar-refractivity contribution in [2.75, 3.05) is 26.3 Å². The van der Waals surface area contributed by atoms with Gasteiger partial charge in [0, 0.05) is 44.7 Å². The van der Waals surface area contributed by atoms with E-state index in [0.717, 1.165) is 31.5 Å². The molecule has 2 heterocycles. The van der Waals surface area contributed by atoms with E-state index in [2.05, 4.69) is 19.2 Å². The minimum absolute atomic E-state index is 0.0198. The van der Waals surface area contributed by atoms with Gasteiger partial charge in [-0.25, -0.2) is 4.79 Å². The Labute approximate surface area is 166 Å². The molecule has 0 bridgehead atoms. The molecule has 152 valence electrons. The number of urea groups is 1. The maximum Gasteiger partial charge on any atom is 0.325 e. The Bertz CT molecular complexity index is 720. The topological polar surface area (TPSA) is 79.0 Å². The fourth-order valence-electron chi connectivity index (χ4n) is 3.85. The third kappa shape index (κ3) is 4.04. The lowest BCUT2D eigenvalue weighted by molar-refractivity contribution is -0.134. The number of hydrogen-bond donors (Lipinski definition) is 1. The normalized spacial score (nSPS) is 18.4. The van der Waals surface area contributed by atoms with E-state index in [1.807, 2.05) is 17.0 Å². The number of nitrogens with zero attached hydrogens (tertiary/aromatic N) is 2. The van der Waals surface area contributed by atoms with Gasteiger partial charge in [0.1, 0.15) is 5.54 Å². The van der Waals surface area contributed by atoms with Gasteiger partial charge in [0.2, 0.25) is 0 Å². The first-order chi connectivity index (χ1) is 13.5. The van der Waals surface area contributed by atoms with E-state index >= 15 is 0 Å². The number of nitrogens with one attached hydrogen (secondary N) is 1. The summed E-state index contributed by atoms with van der Waals surface area (Å²) in [5, 5.41) is 2.86. The predicted molar refractivity (Wildman–Crippen MR) is 105 cm³/mol. The molecule has 7 heteroatoms. The minimum Gasteiger partial charge on any atom is -0.381 e. The van der Waals surface area contributed by atoms with Gasteiger partial charge in [-0.05, 0) is 30.5 Å². The standard InChI is InChI=1S/C21H29N3O4/c1-3-11-23(12-4-2)18(25)17-7-5-16(6-8-17)15-24-19(26)21(22-20(24)27)9-13-28-14-10-21/h5-8H,3-4,9-15H2,1-2H3,(H,22,27). The first-order valence-corrected chi connectivity index (χ1v) is 10.1. The van der Waals surface area contributed by atoms with Gasteiger partial charge in [0.05, 0.1) is 6.54 Å². The lowest BCUT2D eigenvalue weighted by atomic mass is 9.90. The Kier molecular flexibility index (Phi) is 6.34. The van der Waals surface area contributed by atoms with E-state index in [4.69, 9.17) is 4.74 Å². The molecule has 1 aromatic rings. The second-order valence-corrected chi connectivity index (χ2v) is 7.51. The highest BCUT2D eigenvalue weighted by Gasteiger charge is 2.51. The number of hydrogen-bond acceptors (Lipinski definition) is 4. The van der Waals surface area contributed by atoms with E-state index in [9.17, 15) is 14.4 Å². The molecule has 28 heavy (non-hydrogen) atoms. The van der Waals surface area contributed by atoms with Crippen molar-refractivity contribution in [1.29, 1.82) is 0 Å². The van der Waals surface area contributed by atoms with E-state index in [1.165, 1.54) is 4.90 Å². The summed E-state index contributed by atoms with van der Waals surface area (Å²) in [5.74, 6) is -0.163. The van der Waals surface area contributed by atoms with Crippen molar-refractivity contribution in [3.8, 4) is 0 Å². The summed E-state index contributed by atoms with van der Waals surface area (Å²) in [5.41, 5.74) is 0.636. The van der Waals surface area contributed by atoms with Crippen molar-refractivity contribution in [3.05, 3.63) is 35.4 Å². The third-order valence-electron chi connectivity index (χ3n) is 5.41. The molecule has 0 radical (unpaired) electrons. The second-order valence-electron chi connectivity index (χ2n) is 7.51. The number of carbonyl (C=O) groups is 3. The largest absolute Gasteiger partial charge is 0.381 e. The number of amides is 4. The highest BCUT2D eigenvalue weighted by atomic mass is 16.5. The van der Waals surface area contributed by atoms with Crippen LogP contribution < -0.4 is 5.32 Å². The SMILES string of the molecule is CCCN(CCC)C(=O)c1ccc(CN2C(=O)NC3(CCOCC3)C2=O)cc1. The molecule has 0 saturated carbocycles. The van der Waals surface area contributed by atoms with Crippen molar-refractivity contribution in [1.82, 2.24) is 15.1 Å². The summed E-state index contributed by atoms with van der Waals surface area (Å²) >= 11 is 0. The van der Waals surface area contributed by atoms with E-state index < -0.39 is 5.54 Å². The van der Waals surface area contributed by atoms with Crippen molar-refractivity contribution in [2.45, 2.75) is 51.6 Å². The summed E-state index contributed by atoms with van der Waals surface area (Å²) < 4.78 is 5.32. The number of rotatable bonds is 7. The molecular weight excluding hydrogens is 358 g/mol. The van der Waals surface area contributed by atoms with Crippen molar-refractivity contribution >= 4 is 17.8 Å². The number of benzene rings is 1. The Morgan fingerprint density at radius 2 is 1.71 bits per heavy atom. The van der Waals surface area contributed by atoms with Gasteiger partial charge in [-0.1, -0.05) is 26.0 Å². The molecule has 1 spiro atoms. The van der Waals surface area contributed by atoms with Crippen molar-refractivity contribution in [3.63, 3.8) is 0 Å². The van der Waals surface area contributed by atoms with Crippen LogP contribution in [0.2, 0.25) is 0 Å². The highest BCUT2D eigenvalue weighted by Crippen LogP contribution is 2.29. The van der Waals surface area contributed by atoms with E-state index in [1.54, 1.807) is 12.1 Å². The molecule has 2 saturated heterocycles. The maximum absolute atomic E-state index is 12.8. The summed E-state index contributed by atoms with van der Waals surface area (Å²) in [6.45, 7) is 6.75. The molecule has 0 aromatic heterocycles. The lowest BCUT2D eigenvalue weighted by Gasteiger charge is -2.30. The monoisotopic (exact) mass is 387 g/mol. The Morgan fingerprint density at radius 3 is 2.29 bits per heavy atom. The van der Waals surface area contributed by atoms with Crippen LogP contribution in [0.5, 0.6) is 0 Å². The van der Waals surface area contributed by atoms with Crippen LogP contribution in [-0.4, -0.2) is 59.5 Å². The molecule has 0 aliphatic carbocycles. The second kappa shape index (κ2) is 8.73. The Morgan fingerprint density at radius 1 is 1.11 bits per heavy atom. The van der Waals surface area contributed by atoms with E-state index in [0.29, 0.717) is 31.6 Å². The highest BCUT2D eigenvalue weighted by molar-refractivity contribution is 6.07. The summed E-state index contributed by atoms with van der Waals surface area (Å²) in [6, 6.07) is 6.83. The smallest absolute Gasteiger partial charge is 0.325 e. The fraction of sp³-hybridized carbons (Fsp3) is 0.571. The van der Waals surface area contributed by atoms with Crippen molar-refractivity contribution < 1.29 is 19.1 Å². The van der Waals surface area contributed by atoms with Gasteiger partial charge in [-0.15, -0.1) is 0 Å². The third-order valence-corrected chi connectivity index (χ3v) is 5.41. The van der Waals surface area contributed by atoms with Crippen LogP contribution in [0.25, 0.3) is 0 Å². The molecule has 2 aliphatic rings. The molecule has 1 aromatic carbocycles. The molecule has 0 unspecified atom stereocenters. The van der Waals surface area contributed by atoms with E-state index in [-0.39, 0.29) is 24.4 Å². The minimum atomic E-state index is -0.813. The molecule has 0 atom stereocenters. The van der Waals surface area contributed by atoms with Gasteiger partial charge in [-0.2, -0.15) is 0 Å². The first kappa shape index (κ1) is 20.3.